The number of esters is 7. The van der Waals surface area contributed by atoms with Crippen LogP contribution in [0.25, 0.3) is 0 Å². The van der Waals surface area contributed by atoms with Crippen LogP contribution in [0.5, 0.6) is 0 Å². The lowest BCUT2D eigenvalue weighted by atomic mass is 9.27. The van der Waals surface area contributed by atoms with Crippen LogP contribution in [0.4, 0.5) is 0 Å². The summed E-state index contributed by atoms with van der Waals surface area (Å²) in [5, 5.41) is 13.9. The summed E-state index contributed by atoms with van der Waals surface area (Å²) in [4.78, 5) is 93.4. The number of aliphatic hydroxyl groups is 1. The molecule has 6 aliphatic rings. The molecule has 4 aliphatic carbocycles. The van der Waals surface area contributed by atoms with Crippen LogP contribution in [0.3, 0.4) is 0 Å². The molecule has 5 fully saturated rings. The monoisotopic (exact) mass is 804 g/mol. The van der Waals surface area contributed by atoms with E-state index < -0.39 is 141 Å². The number of hydrogen-bond acceptors (Lipinski definition) is 16. The lowest BCUT2D eigenvalue weighted by Gasteiger charge is -2.78. The van der Waals surface area contributed by atoms with Crippen LogP contribution in [-0.2, 0) is 71.5 Å². The van der Waals surface area contributed by atoms with Crippen molar-refractivity contribution in [1.29, 1.82) is 0 Å². The summed E-state index contributed by atoms with van der Waals surface area (Å²) in [5.41, 5.74) is -11.3. The summed E-state index contributed by atoms with van der Waals surface area (Å²) in [6.07, 6.45) is -4.52. The van der Waals surface area contributed by atoms with E-state index in [-0.39, 0.29) is 19.3 Å². The Bertz CT molecular complexity index is 1810. The predicted molar refractivity (Wildman–Crippen MR) is 193 cm³/mol. The molecule has 4 saturated carbocycles. The van der Waals surface area contributed by atoms with Crippen LogP contribution >= 0.6 is 0 Å². The molecular formula is C41H56O16. The van der Waals surface area contributed by atoms with Gasteiger partial charge in [0.05, 0.1) is 23.5 Å². The van der Waals surface area contributed by atoms with Crippen LogP contribution in [0.2, 0.25) is 0 Å². The molecule has 0 aromatic carbocycles. The topological polar surface area (TPSA) is 217 Å². The van der Waals surface area contributed by atoms with Gasteiger partial charge in [-0.15, -0.1) is 0 Å². The van der Waals surface area contributed by atoms with Crippen molar-refractivity contribution in [3.05, 3.63) is 12.2 Å². The van der Waals surface area contributed by atoms with Crippen LogP contribution in [0.15, 0.2) is 12.2 Å². The van der Waals surface area contributed by atoms with Crippen molar-refractivity contribution in [2.75, 3.05) is 13.7 Å². The van der Waals surface area contributed by atoms with Gasteiger partial charge in [-0.25, -0.2) is 9.59 Å². The molecule has 1 saturated heterocycles. The minimum absolute atomic E-state index is 0.0394. The number of hydrogen-bond donors (Lipinski definition) is 1. The fourth-order valence-corrected chi connectivity index (χ4v) is 13.4. The molecular weight excluding hydrogens is 748 g/mol. The minimum Gasteiger partial charge on any atom is -0.467 e. The largest absolute Gasteiger partial charge is 0.467 e. The summed E-state index contributed by atoms with van der Waals surface area (Å²) in [6.45, 7) is 16.0. The number of rotatable bonds is 7. The highest BCUT2D eigenvalue weighted by Crippen LogP contribution is 2.82. The zero-order valence-electron chi connectivity index (χ0n) is 34.8. The molecule has 0 amide bonds. The molecule has 2 heterocycles. The normalized spacial score (nSPS) is 46.9. The molecule has 2 aliphatic heterocycles. The van der Waals surface area contributed by atoms with Gasteiger partial charge in [0.15, 0.2) is 12.2 Å². The van der Waals surface area contributed by atoms with Gasteiger partial charge >= 0.3 is 41.8 Å². The third kappa shape index (κ3) is 5.33. The lowest BCUT2D eigenvalue weighted by molar-refractivity contribution is -0.389. The second kappa shape index (κ2) is 13.5. The highest BCUT2D eigenvalue weighted by Gasteiger charge is 2.93. The van der Waals surface area contributed by atoms with Gasteiger partial charge in [0.25, 0.3) is 0 Å². The third-order valence-corrected chi connectivity index (χ3v) is 15.6. The Morgan fingerprint density at radius 1 is 0.825 bits per heavy atom. The van der Waals surface area contributed by atoms with Crippen molar-refractivity contribution in [3.8, 4) is 0 Å². The van der Waals surface area contributed by atoms with Crippen molar-refractivity contribution in [2.24, 2.45) is 44.8 Å². The molecule has 0 spiro atoms. The van der Waals surface area contributed by atoms with Crippen LogP contribution in [0, 0.1) is 44.8 Å². The van der Waals surface area contributed by atoms with Gasteiger partial charge in [-0.1, -0.05) is 33.8 Å². The summed E-state index contributed by atoms with van der Waals surface area (Å²) in [7, 11) is 1.20. The Balaban J connectivity index is 1.75. The van der Waals surface area contributed by atoms with E-state index in [1.807, 2.05) is 20.8 Å². The van der Waals surface area contributed by atoms with Gasteiger partial charge in [0.1, 0.15) is 31.0 Å². The molecule has 1 unspecified atom stereocenters. The number of epoxide rings is 1. The number of methoxy groups -OCH3 is 1. The van der Waals surface area contributed by atoms with Gasteiger partial charge in [-0.05, 0) is 50.4 Å². The summed E-state index contributed by atoms with van der Waals surface area (Å²) in [5.74, 6) is -7.68. The Kier molecular flexibility index (Phi) is 10.1. The first-order chi connectivity index (χ1) is 26.3. The molecule has 57 heavy (non-hydrogen) atoms. The van der Waals surface area contributed by atoms with E-state index in [2.05, 4.69) is 0 Å². The highest BCUT2D eigenvalue weighted by molar-refractivity contribution is 5.86. The van der Waals surface area contributed by atoms with E-state index in [0.29, 0.717) is 0 Å². The number of ether oxygens (including phenoxy) is 8. The number of allylic oxidation sites excluding steroid dienone is 1. The first-order valence-electron chi connectivity index (χ1n) is 19.5. The second-order valence-corrected chi connectivity index (χ2v) is 18.1. The fourth-order valence-electron chi connectivity index (χ4n) is 13.4. The predicted octanol–water partition coefficient (Wildman–Crippen LogP) is 2.92. The van der Waals surface area contributed by atoms with Gasteiger partial charge in [-0.2, -0.15) is 0 Å². The van der Waals surface area contributed by atoms with Gasteiger partial charge < -0.3 is 43.0 Å². The zero-order valence-corrected chi connectivity index (χ0v) is 34.8. The Morgan fingerprint density at radius 3 is 1.93 bits per heavy atom. The molecule has 0 aromatic rings. The molecule has 16 heteroatoms. The van der Waals surface area contributed by atoms with E-state index in [0.717, 1.165) is 13.8 Å². The number of fused-ring (bicyclic) bond motifs is 9. The van der Waals surface area contributed by atoms with Crippen molar-refractivity contribution in [2.45, 2.75) is 143 Å². The fraction of sp³-hybridized carbons (Fsp3) is 0.780. The maximum Gasteiger partial charge on any atom is 0.341 e. The van der Waals surface area contributed by atoms with E-state index >= 15 is 0 Å². The van der Waals surface area contributed by atoms with Crippen molar-refractivity contribution < 1.29 is 76.6 Å². The Labute approximate surface area is 331 Å². The second-order valence-electron chi connectivity index (χ2n) is 18.1. The minimum atomic E-state index is -1.97. The molecule has 0 radical (unpaired) electrons. The first kappa shape index (κ1) is 42.6. The van der Waals surface area contributed by atoms with Gasteiger partial charge in [0, 0.05) is 57.4 Å². The third-order valence-electron chi connectivity index (χ3n) is 15.6. The van der Waals surface area contributed by atoms with Crippen LogP contribution < -0.4 is 0 Å². The summed E-state index contributed by atoms with van der Waals surface area (Å²) in [6, 6.07) is 0. The molecule has 316 valence electrons. The SMILES string of the molecule is COC(=O)[C@]12O[C@H]1[C@@H](C)C[C@]1(O)[C@@]3(C)CC[C@]4(C)[C@H]5C=CC(=O)OC[C@@]5(C(C)OC(C)=O)[C@@H](OC(C)=O)[C@@H](OC(C)=O)[C@H]4[C@@]3(C)[C@H](OC(C)=O)[C@H](OC(C)=O)[C@]12C. The lowest BCUT2D eigenvalue weighted by Crippen LogP contribution is -2.87. The van der Waals surface area contributed by atoms with Crippen molar-refractivity contribution in [1.82, 2.24) is 0 Å². The number of carbonyl (C=O) groups is 7. The molecule has 16 atom stereocenters. The smallest absolute Gasteiger partial charge is 0.341 e. The van der Waals surface area contributed by atoms with Crippen molar-refractivity contribution in [3.63, 3.8) is 0 Å². The average Bonchev–Trinajstić information content (AvgIpc) is 3.89. The zero-order chi connectivity index (χ0) is 42.6. The van der Waals surface area contributed by atoms with Gasteiger partial charge in [0.2, 0.25) is 5.60 Å². The Hall–Kier alpha value is -4.05. The molecule has 0 bridgehead atoms. The standard InChI is InChI=1S/C41H56O16/c1-19-17-40(49)36(9)16-15-35(8)26-13-14-27(47)51-18-39(26,20(2)52-21(3)42)31(54-23(5)44)28(53-22(4)43)29(35)37(36,10)32(55-24(6)45)33(56-25(7)46)38(40,11)41(30(19)57-41)34(48)50-12/h13-14,19-20,26,28-33,49H,15-18H2,1-12H3/t19-,20?,26+,28-,29+,30-,31-,32+,33-,35+,36-,37-,38+,39-,40-,41+/m0/s1. The van der Waals surface area contributed by atoms with Crippen molar-refractivity contribution >= 4 is 41.8 Å². The van der Waals surface area contributed by atoms with Crippen LogP contribution in [0.1, 0.15) is 95.4 Å². The van der Waals surface area contributed by atoms with E-state index in [4.69, 9.17) is 37.9 Å². The summed E-state index contributed by atoms with van der Waals surface area (Å²) >= 11 is 0. The van der Waals surface area contributed by atoms with E-state index in [1.165, 1.54) is 34.0 Å². The van der Waals surface area contributed by atoms with Gasteiger partial charge in [-0.3, -0.25) is 24.0 Å². The maximum absolute atomic E-state index is 14.1. The first-order valence-corrected chi connectivity index (χ1v) is 19.5. The maximum atomic E-state index is 14.1. The summed E-state index contributed by atoms with van der Waals surface area (Å²) < 4.78 is 48.4. The van der Waals surface area contributed by atoms with E-state index in [1.54, 1.807) is 26.8 Å². The Morgan fingerprint density at radius 2 is 1.39 bits per heavy atom. The molecule has 16 nitrogen and oxygen atoms in total. The van der Waals surface area contributed by atoms with E-state index in [9.17, 15) is 38.7 Å². The number of cyclic esters (lactones) is 1. The van der Waals surface area contributed by atoms with Crippen LogP contribution in [-0.4, -0.2) is 108 Å². The number of carbonyl (C=O) groups excluding carboxylic acids is 7. The highest BCUT2D eigenvalue weighted by atomic mass is 16.7. The quantitative estimate of drug-likeness (QED) is 0.222. The average molecular weight is 805 g/mol. The molecule has 1 N–H and O–H groups in total. The molecule has 0 aromatic heterocycles. The molecule has 6 rings (SSSR count).